The van der Waals surface area contributed by atoms with E-state index in [0.717, 1.165) is 44.9 Å². The van der Waals surface area contributed by atoms with Gasteiger partial charge in [-0.2, -0.15) is 0 Å². The Bertz CT molecular complexity index is 339. The van der Waals surface area contributed by atoms with Crippen LogP contribution < -0.4 is 0 Å². The lowest BCUT2D eigenvalue weighted by molar-refractivity contribution is -0.137. The first-order chi connectivity index (χ1) is 12.1. The predicted molar refractivity (Wildman–Crippen MR) is 104 cm³/mol. The Morgan fingerprint density at radius 3 is 2.04 bits per heavy atom. The highest BCUT2D eigenvalue weighted by molar-refractivity contribution is 5.66. The minimum Gasteiger partial charge on any atom is -0.481 e. The Hall–Kier alpha value is -0.870. The summed E-state index contributed by atoms with van der Waals surface area (Å²) >= 11 is 0. The second-order valence-corrected chi connectivity index (χ2v) is 7.12. The Labute approximate surface area is 154 Å². The molecular weight excluding hydrogens is 316 g/mol. The smallest absolute Gasteiger partial charge is 0.303 e. The van der Waals surface area contributed by atoms with Gasteiger partial charge in [-0.05, 0) is 38.5 Å². The summed E-state index contributed by atoms with van der Waals surface area (Å²) in [6.45, 7) is 2.05. The second-order valence-electron chi connectivity index (χ2n) is 7.12. The van der Waals surface area contributed by atoms with Crippen LogP contribution >= 0.6 is 0 Å². The molecule has 0 heterocycles. The molecule has 0 amide bonds. The molecule has 0 aromatic heterocycles. The van der Waals surface area contributed by atoms with Crippen LogP contribution in [0.25, 0.3) is 0 Å². The van der Waals surface area contributed by atoms with Crippen molar-refractivity contribution in [2.24, 2.45) is 0 Å². The lowest BCUT2D eigenvalue weighted by Crippen LogP contribution is -2.12. The van der Waals surface area contributed by atoms with Gasteiger partial charge in [-0.1, -0.05) is 69.9 Å². The normalized spacial score (nSPS) is 13.2. The molecule has 25 heavy (non-hydrogen) atoms. The lowest BCUT2D eigenvalue weighted by atomic mass is 9.98. The highest BCUT2D eigenvalue weighted by Crippen LogP contribution is 2.18. The molecule has 1 unspecified atom stereocenters. The van der Waals surface area contributed by atoms with Crippen molar-refractivity contribution in [3.05, 3.63) is 11.6 Å². The van der Waals surface area contributed by atoms with Gasteiger partial charge in [0.1, 0.15) is 0 Å². The third kappa shape index (κ3) is 17.7. The van der Waals surface area contributed by atoms with E-state index in [-0.39, 0.29) is 13.0 Å². The third-order valence-corrected chi connectivity index (χ3v) is 4.59. The van der Waals surface area contributed by atoms with Crippen LogP contribution in [0.15, 0.2) is 11.6 Å². The first-order valence-corrected chi connectivity index (χ1v) is 10.3. The Morgan fingerprint density at radius 1 is 0.880 bits per heavy atom. The number of aliphatic hydroxyl groups is 2. The molecule has 0 saturated heterocycles. The van der Waals surface area contributed by atoms with Crippen molar-refractivity contribution in [3.8, 4) is 0 Å². The summed E-state index contributed by atoms with van der Waals surface area (Å²) in [6, 6.07) is 0. The first-order valence-electron chi connectivity index (χ1n) is 10.3. The van der Waals surface area contributed by atoms with Crippen molar-refractivity contribution in [3.63, 3.8) is 0 Å². The summed E-state index contributed by atoms with van der Waals surface area (Å²) in [6.07, 6.45) is 17.2. The molecule has 0 aliphatic rings. The summed E-state index contributed by atoms with van der Waals surface area (Å²) in [5, 5.41) is 27.4. The van der Waals surface area contributed by atoms with Crippen molar-refractivity contribution in [1.82, 2.24) is 0 Å². The van der Waals surface area contributed by atoms with Gasteiger partial charge in [0.05, 0.1) is 12.7 Å². The summed E-state index contributed by atoms with van der Waals surface area (Å²) in [7, 11) is 0. The van der Waals surface area contributed by atoms with Crippen LogP contribution in [0, 0.1) is 0 Å². The molecule has 0 bridgehead atoms. The van der Waals surface area contributed by atoms with Crippen LogP contribution in [-0.4, -0.2) is 34.0 Å². The first kappa shape index (κ1) is 24.1. The highest BCUT2D eigenvalue weighted by atomic mass is 16.4. The van der Waals surface area contributed by atoms with E-state index < -0.39 is 12.1 Å². The van der Waals surface area contributed by atoms with Crippen LogP contribution in [0.1, 0.15) is 103 Å². The fourth-order valence-electron chi connectivity index (χ4n) is 3.04. The number of carbonyl (C=O) groups is 1. The minimum atomic E-state index is -0.710. The van der Waals surface area contributed by atoms with Gasteiger partial charge in [0, 0.05) is 6.42 Å². The number of unbranched alkanes of at least 4 members (excludes halogenated alkanes) is 10. The topological polar surface area (TPSA) is 77.8 Å². The van der Waals surface area contributed by atoms with Gasteiger partial charge in [0.25, 0.3) is 0 Å². The van der Waals surface area contributed by atoms with E-state index in [1.54, 1.807) is 0 Å². The van der Waals surface area contributed by atoms with E-state index in [9.17, 15) is 9.90 Å². The van der Waals surface area contributed by atoms with E-state index >= 15 is 0 Å². The molecule has 1 atom stereocenters. The van der Waals surface area contributed by atoms with Crippen LogP contribution in [-0.2, 0) is 4.79 Å². The molecule has 0 spiro atoms. The van der Waals surface area contributed by atoms with Crippen LogP contribution in [0.4, 0.5) is 0 Å². The number of aliphatic carboxylic acids is 1. The van der Waals surface area contributed by atoms with Crippen LogP contribution in [0.5, 0.6) is 0 Å². The van der Waals surface area contributed by atoms with Gasteiger partial charge < -0.3 is 15.3 Å². The minimum absolute atomic E-state index is 0.177. The average molecular weight is 357 g/mol. The fraction of sp³-hybridized carbons (Fsp3) is 0.857. The molecule has 0 aliphatic heterocycles. The molecule has 3 N–H and O–H groups in total. The molecule has 148 valence electrons. The van der Waals surface area contributed by atoms with Crippen LogP contribution in [0.3, 0.4) is 0 Å². The number of hydrogen-bond donors (Lipinski definition) is 3. The Kier molecular flexibility index (Phi) is 17.3. The molecule has 0 fully saturated rings. The van der Waals surface area contributed by atoms with Crippen molar-refractivity contribution in [2.75, 3.05) is 6.61 Å². The number of carboxylic acid groups (broad SMARTS) is 1. The maximum atomic E-state index is 10.5. The average Bonchev–Trinajstić information content (AvgIpc) is 2.59. The summed E-state index contributed by atoms with van der Waals surface area (Å²) in [5.41, 5.74) is 1.26. The fourth-order valence-corrected chi connectivity index (χ4v) is 3.04. The van der Waals surface area contributed by atoms with Gasteiger partial charge in [-0.15, -0.1) is 0 Å². The number of aliphatic hydroxyl groups excluding tert-OH is 2. The zero-order valence-electron chi connectivity index (χ0n) is 16.2. The van der Waals surface area contributed by atoms with Gasteiger partial charge in [0.2, 0.25) is 0 Å². The van der Waals surface area contributed by atoms with Crippen LogP contribution in [0.2, 0.25) is 0 Å². The number of carboxylic acids is 1. The second kappa shape index (κ2) is 17.9. The molecule has 0 aromatic rings. The SMILES string of the molecule is CCCCCCCCC=C(CCCCCCCC(=O)O)CC(O)CO. The zero-order chi connectivity index (χ0) is 18.8. The van der Waals surface area contributed by atoms with Crippen molar-refractivity contribution >= 4 is 5.97 Å². The number of allylic oxidation sites excluding steroid dienone is 1. The molecule has 0 aromatic carbocycles. The maximum Gasteiger partial charge on any atom is 0.303 e. The van der Waals surface area contributed by atoms with E-state index in [0.29, 0.717) is 6.42 Å². The maximum absolute atomic E-state index is 10.5. The highest BCUT2D eigenvalue weighted by Gasteiger charge is 2.06. The van der Waals surface area contributed by atoms with E-state index in [1.165, 1.54) is 44.1 Å². The molecule has 0 radical (unpaired) electrons. The third-order valence-electron chi connectivity index (χ3n) is 4.59. The van der Waals surface area contributed by atoms with E-state index in [4.69, 9.17) is 10.2 Å². The Morgan fingerprint density at radius 2 is 1.44 bits per heavy atom. The standard InChI is InChI=1S/C21H40O4/c1-2-3-4-5-6-8-11-14-19(17-20(23)18-22)15-12-9-7-10-13-16-21(24)25/h14,20,22-23H,2-13,15-18H2,1H3,(H,24,25). The Balaban J connectivity index is 3.91. The number of rotatable bonds is 18. The molecular formula is C21H40O4. The predicted octanol–water partition coefficient (Wildman–Crippen LogP) is 5.22. The summed E-state index contributed by atoms with van der Waals surface area (Å²) < 4.78 is 0. The van der Waals surface area contributed by atoms with Gasteiger partial charge in [-0.3, -0.25) is 4.79 Å². The van der Waals surface area contributed by atoms with Gasteiger partial charge >= 0.3 is 5.97 Å². The molecule has 4 nitrogen and oxygen atoms in total. The lowest BCUT2D eigenvalue weighted by Gasteiger charge is -2.12. The molecule has 0 rings (SSSR count). The van der Waals surface area contributed by atoms with E-state index in [2.05, 4.69) is 13.0 Å². The molecule has 0 aliphatic carbocycles. The molecule has 4 heteroatoms. The monoisotopic (exact) mass is 356 g/mol. The number of hydrogen-bond acceptors (Lipinski definition) is 3. The summed E-state index contributed by atoms with van der Waals surface area (Å²) in [4.78, 5) is 10.5. The van der Waals surface area contributed by atoms with E-state index in [1.807, 2.05) is 0 Å². The summed E-state index contributed by atoms with van der Waals surface area (Å²) in [5.74, 6) is -0.710. The van der Waals surface area contributed by atoms with Gasteiger partial charge in [0.15, 0.2) is 0 Å². The van der Waals surface area contributed by atoms with Gasteiger partial charge in [-0.25, -0.2) is 0 Å². The zero-order valence-corrected chi connectivity index (χ0v) is 16.2. The molecule has 0 saturated carbocycles. The quantitative estimate of drug-likeness (QED) is 0.232. The van der Waals surface area contributed by atoms with Crippen molar-refractivity contribution < 1.29 is 20.1 Å². The largest absolute Gasteiger partial charge is 0.481 e. The van der Waals surface area contributed by atoms with Crippen molar-refractivity contribution in [2.45, 2.75) is 109 Å². The van der Waals surface area contributed by atoms with Crippen molar-refractivity contribution in [1.29, 1.82) is 0 Å².